The van der Waals surface area contributed by atoms with Gasteiger partial charge in [0.05, 0.1) is 11.6 Å². The average molecular weight is 572 g/mol. The molecule has 0 saturated carbocycles. The molecule has 6 nitrogen and oxygen atoms in total. The Balaban J connectivity index is 0.00000480. The third kappa shape index (κ3) is 9.60. The van der Waals surface area contributed by atoms with Crippen molar-refractivity contribution < 1.29 is 22.6 Å². The maximum absolute atomic E-state index is 12.6. The summed E-state index contributed by atoms with van der Waals surface area (Å²) in [4.78, 5) is 7.78. The van der Waals surface area contributed by atoms with Crippen molar-refractivity contribution in [2.45, 2.75) is 32.5 Å². The normalized spacial score (nSPS) is 11.7. The summed E-state index contributed by atoms with van der Waals surface area (Å²) in [6.07, 6.45) is -3.23. The number of thiazole rings is 1. The largest absolute Gasteiger partial charge is 0.493 e. The Morgan fingerprint density at radius 1 is 1.23 bits per heavy atom. The molecule has 2 N–H and O–H groups in total. The van der Waals surface area contributed by atoms with E-state index in [0.717, 1.165) is 40.0 Å². The molecular weight excluding hydrogens is 544 g/mol. The van der Waals surface area contributed by atoms with Crippen molar-refractivity contribution in [1.29, 1.82) is 0 Å². The van der Waals surface area contributed by atoms with E-state index in [-0.39, 0.29) is 24.0 Å². The van der Waals surface area contributed by atoms with E-state index in [1.54, 1.807) is 14.2 Å². The summed E-state index contributed by atoms with van der Waals surface area (Å²) in [5, 5.41) is 7.76. The van der Waals surface area contributed by atoms with Crippen molar-refractivity contribution in [2.24, 2.45) is 4.99 Å². The lowest BCUT2D eigenvalue weighted by Crippen LogP contribution is -2.38. The first-order valence-electron chi connectivity index (χ1n) is 9.51. The molecule has 0 atom stereocenters. The van der Waals surface area contributed by atoms with Gasteiger partial charge in [-0.2, -0.15) is 13.2 Å². The quantitative estimate of drug-likeness (QED) is 0.191. The van der Waals surface area contributed by atoms with Gasteiger partial charge in [0.15, 0.2) is 11.7 Å². The molecule has 174 valence electrons. The fourth-order valence-corrected chi connectivity index (χ4v) is 3.38. The van der Waals surface area contributed by atoms with Crippen LogP contribution in [0.4, 0.5) is 13.2 Å². The van der Waals surface area contributed by atoms with Gasteiger partial charge in [-0.15, -0.1) is 35.3 Å². The number of halogens is 4. The van der Waals surface area contributed by atoms with E-state index in [9.17, 15) is 13.2 Å². The highest BCUT2D eigenvalue weighted by atomic mass is 127. The highest BCUT2D eigenvalue weighted by Crippen LogP contribution is 2.30. The monoisotopic (exact) mass is 572 g/mol. The predicted octanol–water partition coefficient (Wildman–Crippen LogP) is 4.41. The molecule has 1 aromatic heterocycles. The fourth-order valence-electron chi connectivity index (χ4n) is 2.57. The van der Waals surface area contributed by atoms with Gasteiger partial charge in [0.1, 0.15) is 5.75 Å². The van der Waals surface area contributed by atoms with Gasteiger partial charge in [-0.1, -0.05) is 12.1 Å². The Kier molecular flexibility index (Phi) is 12.2. The van der Waals surface area contributed by atoms with Crippen molar-refractivity contribution in [1.82, 2.24) is 15.6 Å². The number of aryl methyl sites for hydroxylation is 1. The van der Waals surface area contributed by atoms with E-state index >= 15 is 0 Å². The van der Waals surface area contributed by atoms with Gasteiger partial charge in [-0.25, -0.2) is 4.98 Å². The number of aromatic nitrogens is 1. The molecule has 0 spiro atoms. The maximum atomic E-state index is 12.6. The summed E-state index contributed by atoms with van der Waals surface area (Å²) in [5.41, 5.74) is 1.24. The molecule has 0 unspecified atom stereocenters. The number of methoxy groups -OCH3 is 1. The number of hydrogen-bond donors (Lipinski definition) is 2. The molecule has 1 heterocycles. The zero-order valence-corrected chi connectivity index (χ0v) is 20.9. The van der Waals surface area contributed by atoms with Crippen LogP contribution in [0.25, 0.3) is 0 Å². The van der Waals surface area contributed by atoms with Gasteiger partial charge in [0.25, 0.3) is 0 Å². The molecule has 11 heteroatoms. The first kappa shape index (κ1) is 27.4. The number of nitrogens with zero attached hydrogens (tertiary/aromatic N) is 2. The third-order valence-corrected chi connectivity index (χ3v) is 5.03. The van der Waals surface area contributed by atoms with E-state index in [4.69, 9.17) is 9.47 Å². The van der Waals surface area contributed by atoms with Gasteiger partial charge in [-0.3, -0.25) is 4.99 Å². The van der Waals surface area contributed by atoms with E-state index in [1.807, 2.05) is 25.1 Å². The molecule has 31 heavy (non-hydrogen) atoms. The molecule has 2 rings (SSSR count). The van der Waals surface area contributed by atoms with E-state index < -0.39 is 11.9 Å². The standard InChI is InChI=1S/C20H27F3N4O2S.HI/c1-14-5-6-15(16(11-14)29-10-4-9-28-3)12-26-19(24-2)25-8-7-18-27-17(13-30-18)20(21,22)23;/h5-6,11,13H,4,7-10,12H2,1-3H3,(H2,24,25,26);1H. The van der Waals surface area contributed by atoms with Crippen molar-refractivity contribution in [3.8, 4) is 5.75 Å². The Labute approximate surface area is 201 Å². The topological polar surface area (TPSA) is 67.8 Å². The predicted molar refractivity (Wildman–Crippen MR) is 128 cm³/mol. The Bertz CT molecular complexity index is 831. The number of ether oxygens (including phenoxy) is 2. The first-order valence-corrected chi connectivity index (χ1v) is 10.4. The van der Waals surface area contributed by atoms with Gasteiger partial charge < -0.3 is 20.1 Å². The molecule has 0 saturated heterocycles. The van der Waals surface area contributed by atoms with Crippen molar-refractivity contribution in [3.63, 3.8) is 0 Å². The van der Waals surface area contributed by atoms with E-state index in [1.165, 1.54) is 0 Å². The first-order chi connectivity index (χ1) is 14.3. The molecular formula is C20H28F3IN4O2S. The molecule has 0 radical (unpaired) electrons. The Hall–Kier alpha value is -1.60. The Morgan fingerprint density at radius 2 is 2.00 bits per heavy atom. The number of benzene rings is 1. The zero-order valence-electron chi connectivity index (χ0n) is 17.7. The van der Waals surface area contributed by atoms with Crippen LogP contribution in [0, 0.1) is 6.92 Å². The second-order valence-electron chi connectivity index (χ2n) is 6.53. The third-order valence-electron chi connectivity index (χ3n) is 4.12. The fraction of sp³-hybridized carbons (Fsp3) is 0.500. The second kappa shape index (κ2) is 13.7. The molecule has 1 aromatic carbocycles. The number of guanidine groups is 1. The lowest BCUT2D eigenvalue weighted by molar-refractivity contribution is -0.140. The molecule has 0 aliphatic carbocycles. The van der Waals surface area contributed by atoms with Crippen molar-refractivity contribution in [2.75, 3.05) is 33.9 Å². The number of rotatable bonds is 10. The van der Waals surface area contributed by atoms with E-state index in [0.29, 0.717) is 43.7 Å². The van der Waals surface area contributed by atoms with Crippen molar-refractivity contribution >= 4 is 41.3 Å². The summed E-state index contributed by atoms with van der Waals surface area (Å²) in [5.74, 6) is 1.35. The van der Waals surface area contributed by atoms with Crippen LogP contribution in [0.3, 0.4) is 0 Å². The highest BCUT2D eigenvalue weighted by molar-refractivity contribution is 14.0. The highest BCUT2D eigenvalue weighted by Gasteiger charge is 2.33. The summed E-state index contributed by atoms with van der Waals surface area (Å²) >= 11 is 1.00. The molecule has 0 bridgehead atoms. The average Bonchev–Trinajstić information content (AvgIpc) is 3.18. The van der Waals surface area contributed by atoms with Gasteiger partial charge in [0, 0.05) is 57.6 Å². The summed E-state index contributed by atoms with van der Waals surface area (Å²) < 4.78 is 48.8. The number of nitrogens with one attached hydrogen (secondary N) is 2. The smallest absolute Gasteiger partial charge is 0.434 e. The molecule has 0 aliphatic rings. The second-order valence-corrected chi connectivity index (χ2v) is 7.48. The van der Waals surface area contributed by atoms with Crippen LogP contribution >= 0.6 is 35.3 Å². The number of aliphatic imine (C=N–C) groups is 1. The SMILES string of the molecule is CN=C(NCCc1nc(C(F)(F)F)cs1)NCc1ccc(C)cc1OCCCOC.I. The van der Waals surface area contributed by atoms with Crippen LogP contribution < -0.4 is 15.4 Å². The maximum Gasteiger partial charge on any atom is 0.434 e. The zero-order chi connectivity index (χ0) is 22.0. The summed E-state index contributed by atoms with van der Waals surface area (Å²) in [6.45, 7) is 4.11. The summed E-state index contributed by atoms with van der Waals surface area (Å²) in [7, 11) is 3.29. The lowest BCUT2D eigenvalue weighted by Gasteiger charge is -2.15. The van der Waals surface area contributed by atoms with Crippen LogP contribution in [0.15, 0.2) is 28.6 Å². The minimum absolute atomic E-state index is 0. The van der Waals surface area contributed by atoms with Crippen LogP contribution in [0.1, 0.15) is 28.2 Å². The van der Waals surface area contributed by atoms with Gasteiger partial charge in [-0.05, 0) is 18.6 Å². The molecule has 0 aliphatic heterocycles. The van der Waals surface area contributed by atoms with Gasteiger partial charge in [0.2, 0.25) is 0 Å². The minimum atomic E-state index is -4.41. The van der Waals surface area contributed by atoms with Crippen LogP contribution in [-0.2, 0) is 23.9 Å². The molecule has 0 amide bonds. The molecule has 2 aromatic rings. The molecule has 0 fully saturated rings. The Morgan fingerprint density at radius 3 is 2.65 bits per heavy atom. The number of alkyl halides is 3. The van der Waals surface area contributed by atoms with Crippen LogP contribution in [0.5, 0.6) is 5.75 Å². The lowest BCUT2D eigenvalue weighted by atomic mass is 10.1. The van der Waals surface area contributed by atoms with Crippen LogP contribution in [-0.4, -0.2) is 44.9 Å². The van der Waals surface area contributed by atoms with Gasteiger partial charge >= 0.3 is 6.18 Å². The van der Waals surface area contributed by atoms with Crippen LogP contribution in [0.2, 0.25) is 0 Å². The van der Waals surface area contributed by atoms with Crippen molar-refractivity contribution in [3.05, 3.63) is 45.4 Å². The summed E-state index contributed by atoms with van der Waals surface area (Å²) in [6, 6.07) is 5.99. The number of hydrogen-bond acceptors (Lipinski definition) is 5. The minimum Gasteiger partial charge on any atom is -0.493 e. The van der Waals surface area contributed by atoms with E-state index in [2.05, 4.69) is 20.6 Å².